The number of rotatable bonds is 9. The fourth-order valence-electron chi connectivity index (χ4n) is 2.89. The van der Waals surface area contributed by atoms with Crippen molar-refractivity contribution >= 4 is 17.9 Å². The Balaban J connectivity index is 1.54. The first-order chi connectivity index (χ1) is 14.4. The van der Waals surface area contributed by atoms with E-state index in [1.54, 1.807) is 20.1 Å². The van der Waals surface area contributed by atoms with Crippen molar-refractivity contribution in [2.45, 2.75) is 51.6 Å². The van der Waals surface area contributed by atoms with E-state index in [2.05, 4.69) is 20.8 Å². The lowest BCUT2D eigenvalue weighted by molar-refractivity contribution is -0.127. The smallest absolute Gasteiger partial charge is 0.249 e. The Morgan fingerprint density at radius 2 is 1.87 bits per heavy atom. The Morgan fingerprint density at radius 3 is 2.47 bits per heavy atom. The molecule has 1 aromatic heterocycles. The Labute approximate surface area is 176 Å². The van der Waals surface area contributed by atoms with Gasteiger partial charge < -0.3 is 19.9 Å². The summed E-state index contributed by atoms with van der Waals surface area (Å²) in [6, 6.07) is 6.17. The molecule has 1 saturated carbocycles. The van der Waals surface area contributed by atoms with E-state index in [-0.39, 0.29) is 17.7 Å². The highest BCUT2D eigenvalue weighted by molar-refractivity contribution is 5.95. The Morgan fingerprint density at radius 1 is 1.17 bits per heavy atom. The van der Waals surface area contributed by atoms with Gasteiger partial charge in [0.05, 0.1) is 7.11 Å². The molecule has 8 heteroatoms. The molecule has 1 aliphatic rings. The molecule has 0 aliphatic heterocycles. The average Bonchev–Trinajstić information content (AvgIpc) is 3.47. The highest BCUT2D eigenvalue weighted by atomic mass is 16.5. The van der Waals surface area contributed by atoms with E-state index >= 15 is 0 Å². The van der Waals surface area contributed by atoms with Gasteiger partial charge in [0.1, 0.15) is 17.8 Å². The summed E-state index contributed by atoms with van der Waals surface area (Å²) < 4.78 is 10.5. The molecule has 2 unspecified atom stereocenters. The predicted octanol–water partition coefficient (Wildman–Crippen LogP) is 2.99. The molecule has 1 aliphatic carbocycles. The number of methoxy groups -OCH3 is 1. The second-order valence-electron chi connectivity index (χ2n) is 7.83. The third-order valence-corrected chi connectivity index (χ3v) is 4.93. The van der Waals surface area contributed by atoms with Crippen LogP contribution in [0.1, 0.15) is 62.9 Å². The summed E-state index contributed by atoms with van der Waals surface area (Å²) in [4.78, 5) is 29.2. The third kappa shape index (κ3) is 5.68. The first-order valence-electron chi connectivity index (χ1n) is 10.1. The average molecular weight is 412 g/mol. The van der Waals surface area contributed by atoms with Crippen LogP contribution in [-0.2, 0) is 9.59 Å². The molecular formula is C22H28N4O4. The number of nitrogens with one attached hydrogen (secondary N) is 2. The van der Waals surface area contributed by atoms with Gasteiger partial charge in [0, 0.05) is 12.0 Å². The van der Waals surface area contributed by atoms with Crippen LogP contribution in [0.4, 0.5) is 0 Å². The maximum Gasteiger partial charge on any atom is 0.249 e. The number of carbonyl (C=O) groups excluding carboxylic acids is 2. The third-order valence-electron chi connectivity index (χ3n) is 4.93. The molecule has 0 spiro atoms. The second-order valence-corrected chi connectivity index (χ2v) is 7.83. The van der Waals surface area contributed by atoms with Crippen molar-refractivity contribution in [1.82, 2.24) is 20.8 Å². The number of amides is 2. The van der Waals surface area contributed by atoms with Crippen LogP contribution in [0.15, 0.2) is 34.9 Å². The van der Waals surface area contributed by atoms with E-state index < -0.39 is 12.1 Å². The van der Waals surface area contributed by atoms with Crippen molar-refractivity contribution in [1.29, 1.82) is 0 Å². The maximum atomic E-state index is 12.6. The van der Waals surface area contributed by atoms with Crippen LogP contribution in [0.25, 0.3) is 6.08 Å². The summed E-state index contributed by atoms with van der Waals surface area (Å²) in [6.07, 6.45) is 5.22. The summed E-state index contributed by atoms with van der Waals surface area (Å²) >= 11 is 0. The number of hydrogen-bond acceptors (Lipinski definition) is 6. The summed E-state index contributed by atoms with van der Waals surface area (Å²) in [5.74, 6) is 1.61. The Hall–Kier alpha value is -3.16. The van der Waals surface area contributed by atoms with Crippen molar-refractivity contribution in [2.24, 2.45) is 5.92 Å². The normalized spacial score (nSPS) is 15.8. The minimum Gasteiger partial charge on any atom is -0.497 e. The van der Waals surface area contributed by atoms with Gasteiger partial charge in [0.2, 0.25) is 17.7 Å². The predicted molar refractivity (Wildman–Crippen MR) is 112 cm³/mol. The zero-order chi connectivity index (χ0) is 21.7. The molecule has 160 valence electrons. The number of aromatic nitrogens is 2. The summed E-state index contributed by atoms with van der Waals surface area (Å²) in [5.41, 5.74) is 0.853. The Bertz CT molecular complexity index is 900. The molecule has 30 heavy (non-hydrogen) atoms. The zero-order valence-electron chi connectivity index (χ0n) is 17.7. The summed E-state index contributed by atoms with van der Waals surface area (Å²) in [5, 5.41) is 9.60. The molecule has 2 N–H and O–H groups in total. The molecule has 8 nitrogen and oxygen atoms in total. The van der Waals surface area contributed by atoms with E-state index in [4.69, 9.17) is 9.26 Å². The van der Waals surface area contributed by atoms with E-state index in [1.807, 2.05) is 38.1 Å². The first kappa shape index (κ1) is 21.5. The molecular weight excluding hydrogens is 384 g/mol. The van der Waals surface area contributed by atoms with Crippen LogP contribution in [0.2, 0.25) is 0 Å². The van der Waals surface area contributed by atoms with Crippen molar-refractivity contribution in [3.63, 3.8) is 0 Å². The van der Waals surface area contributed by atoms with Gasteiger partial charge in [-0.05, 0) is 49.5 Å². The first-order valence-corrected chi connectivity index (χ1v) is 10.1. The van der Waals surface area contributed by atoms with Gasteiger partial charge in [-0.1, -0.05) is 31.1 Å². The number of ether oxygens (including phenoxy) is 1. The van der Waals surface area contributed by atoms with Gasteiger partial charge in [-0.2, -0.15) is 4.98 Å². The molecule has 1 fully saturated rings. The lowest BCUT2D eigenvalue weighted by Gasteiger charge is -2.21. The van der Waals surface area contributed by atoms with Crippen LogP contribution in [-0.4, -0.2) is 35.1 Å². The second kappa shape index (κ2) is 9.56. The largest absolute Gasteiger partial charge is 0.497 e. The summed E-state index contributed by atoms with van der Waals surface area (Å²) in [6.45, 7) is 5.56. The van der Waals surface area contributed by atoms with E-state index in [0.717, 1.165) is 24.2 Å². The van der Waals surface area contributed by atoms with Crippen LogP contribution in [0.5, 0.6) is 5.75 Å². The molecule has 3 rings (SSSR count). The molecule has 0 bridgehead atoms. The highest BCUT2D eigenvalue weighted by Gasteiger charge is 2.32. The van der Waals surface area contributed by atoms with Crippen molar-refractivity contribution in [2.75, 3.05) is 7.11 Å². The molecule has 2 amide bonds. The minimum atomic E-state index is -0.718. The van der Waals surface area contributed by atoms with Crippen molar-refractivity contribution < 1.29 is 18.8 Å². The van der Waals surface area contributed by atoms with Crippen LogP contribution < -0.4 is 15.4 Å². The van der Waals surface area contributed by atoms with Gasteiger partial charge in [-0.15, -0.1) is 0 Å². The quantitative estimate of drug-likeness (QED) is 0.613. The van der Waals surface area contributed by atoms with E-state index in [1.165, 1.54) is 6.08 Å². The fourth-order valence-corrected chi connectivity index (χ4v) is 2.89. The number of carbonyl (C=O) groups is 2. The van der Waals surface area contributed by atoms with E-state index in [0.29, 0.717) is 17.6 Å². The van der Waals surface area contributed by atoms with Gasteiger partial charge >= 0.3 is 0 Å². The van der Waals surface area contributed by atoms with Gasteiger partial charge in [-0.3, -0.25) is 9.59 Å². The topological polar surface area (TPSA) is 106 Å². The van der Waals surface area contributed by atoms with Gasteiger partial charge in [-0.25, -0.2) is 0 Å². The molecule has 1 heterocycles. The van der Waals surface area contributed by atoms with Gasteiger partial charge in [0.25, 0.3) is 0 Å². The number of hydrogen-bond donors (Lipinski definition) is 2. The highest BCUT2D eigenvalue weighted by Crippen LogP contribution is 2.38. The zero-order valence-corrected chi connectivity index (χ0v) is 17.7. The lowest BCUT2D eigenvalue weighted by atomic mass is 10.0. The van der Waals surface area contributed by atoms with Gasteiger partial charge in [0.15, 0.2) is 5.82 Å². The van der Waals surface area contributed by atoms with Crippen LogP contribution >= 0.6 is 0 Å². The Kier molecular flexibility index (Phi) is 6.87. The van der Waals surface area contributed by atoms with Crippen molar-refractivity contribution in [3.05, 3.63) is 47.6 Å². The fraction of sp³-hybridized carbons (Fsp3) is 0.455. The number of benzene rings is 1. The summed E-state index contributed by atoms with van der Waals surface area (Å²) in [7, 11) is 1.60. The van der Waals surface area contributed by atoms with Crippen LogP contribution in [0, 0.1) is 5.92 Å². The van der Waals surface area contributed by atoms with E-state index in [9.17, 15) is 9.59 Å². The molecule has 2 atom stereocenters. The maximum absolute atomic E-state index is 12.6. The number of nitrogens with zero attached hydrogens (tertiary/aromatic N) is 2. The standard InChI is InChI=1S/C22H28N4O4/c1-13(2)19(22-25-20(26-30-22)16-8-9-16)24-21(28)14(3)23-18(27)12-7-15-5-10-17(29-4)11-6-15/h5-7,10-14,16,19H,8-9H2,1-4H3,(H,23,27)(H,24,28)/b12-7+. The molecule has 0 radical (unpaired) electrons. The van der Waals surface area contributed by atoms with Crippen molar-refractivity contribution in [3.8, 4) is 5.75 Å². The molecule has 0 saturated heterocycles. The molecule has 1 aromatic carbocycles. The van der Waals surface area contributed by atoms with Crippen LogP contribution in [0.3, 0.4) is 0 Å². The minimum absolute atomic E-state index is 0.0549. The molecule has 2 aromatic rings. The SMILES string of the molecule is COc1ccc(/C=C/C(=O)NC(C)C(=O)NC(c2nc(C3CC3)no2)C(C)C)cc1. The lowest BCUT2D eigenvalue weighted by Crippen LogP contribution is -2.46. The monoisotopic (exact) mass is 412 g/mol.